The second kappa shape index (κ2) is 9.46. The Kier molecular flexibility index (Phi) is 7.61. The van der Waals surface area contributed by atoms with E-state index in [4.69, 9.17) is 0 Å². The van der Waals surface area contributed by atoms with Gasteiger partial charge in [-0.05, 0) is 59.5 Å². The highest BCUT2D eigenvalue weighted by molar-refractivity contribution is 5.72. The van der Waals surface area contributed by atoms with Crippen LogP contribution >= 0.6 is 0 Å². The van der Waals surface area contributed by atoms with Gasteiger partial charge in [0.15, 0.2) is 0 Å². The molecule has 0 nitrogen and oxygen atoms in total. The molecular weight excluding hydrogens is 297 g/mol. The van der Waals surface area contributed by atoms with Crippen molar-refractivity contribution in [2.75, 3.05) is 0 Å². The summed E-state index contributed by atoms with van der Waals surface area (Å²) in [5.74, 6) is -0.222. The van der Waals surface area contributed by atoms with Crippen LogP contribution in [0.4, 0.5) is 13.2 Å². The van der Waals surface area contributed by atoms with Crippen molar-refractivity contribution < 1.29 is 13.2 Å². The first kappa shape index (κ1) is 18.5. The Hall–Kier alpha value is -2.55. The van der Waals surface area contributed by atoms with Crippen molar-refractivity contribution in [3.05, 3.63) is 83.7 Å². The van der Waals surface area contributed by atoms with Crippen LogP contribution in [0, 0.1) is 5.82 Å². The molecule has 0 radical (unpaired) electrons. The van der Waals surface area contributed by atoms with Gasteiger partial charge in [-0.3, -0.25) is 0 Å². The van der Waals surface area contributed by atoms with Crippen LogP contribution in [0.15, 0.2) is 55.6 Å². The van der Waals surface area contributed by atoms with Crippen LogP contribution in [0.1, 0.15) is 29.2 Å². The van der Waals surface area contributed by atoms with E-state index in [1.54, 1.807) is 12.1 Å². The van der Waals surface area contributed by atoms with Crippen LogP contribution in [0.2, 0.25) is 0 Å². The van der Waals surface area contributed by atoms with Crippen molar-refractivity contribution in [1.82, 2.24) is 0 Å². The Labute approximate surface area is 135 Å². The van der Waals surface area contributed by atoms with Crippen LogP contribution in [0.25, 0.3) is 24.3 Å². The molecule has 0 fully saturated rings. The molecule has 120 valence electrons. The van der Waals surface area contributed by atoms with Crippen molar-refractivity contribution in [3.8, 4) is 0 Å². The van der Waals surface area contributed by atoms with E-state index in [-0.39, 0.29) is 5.82 Å². The van der Waals surface area contributed by atoms with Crippen LogP contribution in [-0.4, -0.2) is 6.43 Å². The smallest absolute Gasteiger partial charge is 0.211 e. The molecule has 0 aromatic heterocycles. The third kappa shape index (κ3) is 7.32. The van der Waals surface area contributed by atoms with Crippen LogP contribution in [0.3, 0.4) is 0 Å². The van der Waals surface area contributed by atoms with Gasteiger partial charge in [-0.15, -0.1) is 0 Å². The average molecular weight is 316 g/mol. The first-order valence-electron chi connectivity index (χ1n) is 7.06. The molecule has 0 amide bonds. The maximum atomic E-state index is 12.8. The molecule has 0 atom stereocenters. The molecule has 0 spiro atoms. The molecule has 2 aromatic carbocycles. The van der Waals surface area contributed by atoms with Gasteiger partial charge in [0.1, 0.15) is 5.82 Å². The van der Waals surface area contributed by atoms with Gasteiger partial charge in [0.05, 0.1) is 0 Å². The lowest BCUT2D eigenvalue weighted by Crippen LogP contribution is -1.80. The lowest BCUT2D eigenvalue weighted by Gasteiger charge is -2.01. The summed E-state index contributed by atoms with van der Waals surface area (Å²) < 4.78 is 33.5. The van der Waals surface area contributed by atoms with E-state index in [0.717, 1.165) is 29.2 Å². The van der Waals surface area contributed by atoms with E-state index in [2.05, 4.69) is 13.2 Å². The first-order valence-corrected chi connectivity index (χ1v) is 7.06. The fourth-order valence-corrected chi connectivity index (χ4v) is 1.80. The minimum atomic E-state index is -2.17. The van der Waals surface area contributed by atoms with Crippen molar-refractivity contribution in [1.29, 1.82) is 0 Å². The summed E-state index contributed by atoms with van der Waals surface area (Å²) in [6.07, 6.45) is 5.40. The molecule has 0 N–H and O–H groups in total. The molecule has 0 bridgehead atoms. The zero-order valence-corrected chi connectivity index (χ0v) is 13.0. The standard InChI is InChI=1S/C18H15F.C2H4F2/c1-3-14-11-15(4-2)13-17(12-14)6-5-16-7-9-18(19)10-8-16;1-2(3)4/h3-13H,1-2H2;2H,1H3/b6-5+;. The quantitative estimate of drug-likeness (QED) is 0.561. The van der Waals surface area contributed by atoms with Crippen molar-refractivity contribution in [2.45, 2.75) is 13.3 Å². The first-order chi connectivity index (χ1) is 10.9. The summed E-state index contributed by atoms with van der Waals surface area (Å²) >= 11 is 0. The fourth-order valence-electron chi connectivity index (χ4n) is 1.80. The molecular formula is C20H19F3. The van der Waals surface area contributed by atoms with Crippen molar-refractivity contribution in [2.24, 2.45) is 0 Å². The summed E-state index contributed by atoms with van der Waals surface area (Å²) in [5.41, 5.74) is 4.13. The van der Waals surface area contributed by atoms with Gasteiger partial charge in [0, 0.05) is 0 Å². The number of halogens is 3. The summed E-state index contributed by atoms with van der Waals surface area (Å²) in [6.45, 7) is 8.38. The van der Waals surface area contributed by atoms with Crippen LogP contribution in [-0.2, 0) is 0 Å². The van der Waals surface area contributed by atoms with Crippen molar-refractivity contribution >= 4 is 24.3 Å². The van der Waals surface area contributed by atoms with E-state index in [0.29, 0.717) is 0 Å². The molecule has 0 unspecified atom stereocenters. The predicted octanol–water partition coefficient (Wildman–Crippen LogP) is 6.55. The van der Waals surface area contributed by atoms with Gasteiger partial charge in [0.2, 0.25) is 6.43 Å². The topological polar surface area (TPSA) is 0 Å². The predicted molar refractivity (Wildman–Crippen MR) is 93.6 cm³/mol. The highest BCUT2D eigenvalue weighted by Crippen LogP contribution is 2.15. The van der Waals surface area contributed by atoms with Crippen LogP contribution < -0.4 is 0 Å². The molecule has 0 heterocycles. The number of rotatable bonds is 4. The molecule has 0 saturated heterocycles. The highest BCUT2D eigenvalue weighted by Gasteiger charge is 1.95. The largest absolute Gasteiger partial charge is 0.235 e. The summed E-state index contributed by atoms with van der Waals surface area (Å²) in [5, 5.41) is 0. The zero-order chi connectivity index (χ0) is 17.2. The minimum absolute atomic E-state index is 0.222. The average Bonchev–Trinajstić information content (AvgIpc) is 2.53. The molecule has 3 heteroatoms. The fraction of sp³-hybridized carbons (Fsp3) is 0.100. The van der Waals surface area contributed by atoms with Gasteiger partial charge in [0.25, 0.3) is 0 Å². The van der Waals surface area contributed by atoms with Gasteiger partial charge < -0.3 is 0 Å². The monoisotopic (exact) mass is 316 g/mol. The molecule has 0 aliphatic heterocycles. The van der Waals surface area contributed by atoms with E-state index in [1.165, 1.54) is 12.1 Å². The number of hydrogen-bond acceptors (Lipinski definition) is 0. The molecule has 0 aliphatic rings. The molecule has 0 saturated carbocycles. The minimum Gasteiger partial charge on any atom is -0.211 e. The van der Waals surface area contributed by atoms with Gasteiger partial charge in [-0.1, -0.05) is 49.6 Å². The number of hydrogen-bond donors (Lipinski definition) is 0. The zero-order valence-electron chi connectivity index (χ0n) is 13.0. The van der Waals surface area contributed by atoms with E-state index < -0.39 is 6.43 Å². The summed E-state index contributed by atoms with van der Waals surface area (Å²) in [4.78, 5) is 0. The Morgan fingerprint density at radius 1 is 0.783 bits per heavy atom. The molecule has 2 rings (SSSR count). The third-order valence-corrected chi connectivity index (χ3v) is 2.81. The Morgan fingerprint density at radius 3 is 1.61 bits per heavy atom. The second-order valence-electron chi connectivity index (χ2n) is 4.75. The Morgan fingerprint density at radius 2 is 1.17 bits per heavy atom. The van der Waals surface area contributed by atoms with Gasteiger partial charge >= 0.3 is 0 Å². The maximum Gasteiger partial charge on any atom is 0.235 e. The third-order valence-electron chi connectivity index (χ3n) is 2.81. The van der Waals surface area contributed by atoms with E-state index in [9.17, 15) is 13.2 Å². The van der Waals surface area contributed by atoms with Crippen molar-refractivity contribution in [3.63, 3.8) is 0 Å². The SMILES string of the molecule is C=Cc1cc(C=C)cc(/C=C/c2ccc(F)cc2)c1.CC(F)F. The lowest BCUT2D eigenvalue weighted by molar-refractivity contribution is 0.171. The molecule has 2 aromatic rings. The van der Waals surface area contributed by atoms with E-state index >= 15 is 0 Å². The molecule has 23 heavy (non-hydrogen) atoms. The normalized spacial score (nSPS) is 10.3. The lowest BCUT2D eigenvalue weighted by atomic mass is 10.0. The van der Waals surface area contributed by atoms with E-state index in [1.807, 2.05) is 42.5 Å². The highest BCUT2D eigenvalue weighted by atomic mass is 19.3. The van der Waals surface area contributed by atoms with Gasteiger partial charge in [-0.25, -0.2) is 13.2 Å². The van der Waals surface area contributed by atoms with Crippen LogP contribution in [0.5, 0.6) is 0 Å². The number of benzene rings is 2. The summed E-state index contributed by atoms with van der Waals surface area (Å²) in [6, 6.07) is 12.5. The van der Waals surface area contributed by atoms with Gasteiger partial charge in [-0.2, -0.15) is 0 Å². The Balaban J connectivity index is 0.000000593. The molecule has 0 aliphatic carbocycles. The summed E-state index contributed by atoms with van der Waals surface area (Å²) in [7, 11) is 0. The maximum absolute atomic E-state index is 12.8. The second-order valence-corrected chi connectivity index (χ2v) is 4.75. The number of alkyl halides is 2. The Bertz CT molecular complexity index is 639.